The molecule has 0 spiro atoms. The second-order valence-electron chi connectivity index (χ2n) is 9.20. The van der Waals surface area contributed by atoms with Crippen LogP contribution in [0.1, 0.15) is 75.6 Å². The number of alkyl carbamates (subject to hydrolysis) is 1. The molecular weight excluding hydrogens is 480 g/mol. The van der Waals surface area contributed by atoms with Gasteiger partial charge in [-0.15, -0.1) is 0 Å². The Morgan fingerprint density at radius 1 is 1.19 bits per heavy atom. The molecule has 0 radical (unpaired) electrons. The van der Waals surface area contributed by atoms with E-state index in [1.807, 2.05) is 30.3 Å². The third-order valence-corrected chi connectivity index (χ3v) is 7.97. The zero-order valence-corrected chi connectivity index (χ0v) is 22.2. The van der Waals surface area contributed by atoms with Crippen LogP contribution in [0, 0.1) is 0 Å². The number of nitrogens with zero attached hydrogens (tertiary/aromatic N) is 3. The van der Waals surface area contributed by atoms with Crippen molar-refractivity contribution in [2.24, 2.45) is 0 Å². The third-order valence-electron chi connectivity index (χ3n) is 6.50. The Bertz CT molecular complexity index is 1020. The summed E-state index contributed by atoms with van der Waals surface area (Å²) < 4.78 is 34.0. The molecule has 1 aliphatic carbocycles. The molecule has 10 nitrogen and oxygen atoms in total. The second kappa shape index (κ2) is 14.3. The summed E-state index contributed by atoms with van der Waals surface area (Å²) in [4.78, 5) is 18.7. The van der Waals surface area contributed by atoms with E-state index in [1.165, 1.54) is 0 Å². The lowest BCUT2D eigenvalue weighted by molar-refractivity contribution is 0.100. The predicted octanol–water partition coefficient (Wildman–Crippen LogP) is 3.30. The van der Waals surface area contributed by atoms with E-state index in [9.17, 15) is 13.2 Å². The quantitative estimate of drug-likeness (QED) is 0.329. The zero-order valence-electron chi connectivity index (χ0n) is 21.4. The van der Waals surface area contributed by atoms with Crippen LogP contribution in [0.15, 0.2) is 30.3 Å². The smallest absolute Gasteiger partial charge is 0.407 e. The molecule has 200 valence electrons. The van der Waals surface area contributed by atoms with Crippen LogP contribution in [0.25, 0.3) is 0 Å². The lowest BCUT2D eigenvalue weighted by Crippen LogP contribution is -2.33. The number of benzene rings is 1. The zero-order chi connectivity index (χ0) is 25.8. The molecule has 1 atom stereocenters. The normalized spacial score (nSPS) is 15.3. The lowest BCUT2D eigenvalue weighted by atomic mass is 10.1. The number of aryl methyl sites for hydroxylation is 1. The first kappa shape index (κ1) is 28.1. The van der Waals surface area contributed by atoms with Gasteiger partial charge in [0.15, 0.2) is 5.82 Å². The molecule has 1 amide bonds. The summed E-state index contributed by atoms with van der Waals surface area (Å²) in [5.41, 5.74) is 1.11. The largest absolute Gasteiger partial charge is 0.446 e. The Morgan fingerprint density at radius 2 is 1.92 bits per heavy atom. The Labute approximate surface area is 214 Å². The number of hydrogen-bond donors (Lipinski definition) is 3. The molecule has 1 fully saturated rings. The molecule has 3 rings (SSSR count). The van der Waals surface area contributed by atoms with E-state index in [2.05, 4.69) is 44.0 Å². The minimum absolute atomic E-state index is 0.0196. The van der Waals surface area contributed by atoms with Crippen molar-refractivity contribution in [3.05, 3.63) is 47.5 Å². The molecule has 1 saturated carbocycles. The fourth-order valence-corrected chi connectivity index (χ4v) is 5.67. The first-order valence-electron chi connectivity index (χ1n) is 13.0. The standard InChI is InChI=1S/C25H40N6O4S/c1-3-31(4-2)17-10-18-36(33,34)30-22(16-15-20-11-6-5-7-12-20)24-27-23(28-29-24)19-26-25(32)35-21-13-8-9-14-21/h5-7,11-12,21-22,30H,3-4,8-10,13-19H2,1-2H3,(H,26,32)(H,27,28,29)/t22-/m1/s1. The van der Waals surface area contributed by atoms with Crippen molar-refractivity contribution in [1.82, 2.24) is 30.1 Å². The van der Waals surface area contributed by atoms with Gasteiger partial charge in [-0.05, 0) is 70.1 Å². The highest BCUT2D eigenvalue weighted by atomic mass is 32.2. The van der Waals surface area contributed by atoms with Gasteiger partial charge in [0.2, 0.25) is 10.0 Å². The maximum Gasteiger partial charge on any atom is 0.407 e. The summed E-state index contributed by atoms with van der Waals surface area (Å²) in [5, 5.41) is 9.78. The van der Waals surface area contributed by atoms with Crippen LogP contribution < -0.4 is 10.0 Å². The van der Waals surface area contributed by atoms with Gasteiger partial charge >= 0.3 is 6.09 Å². The number of carbonyl (C=O) groups is 1. The third kappa shape index (κ3) is 9.51. The van der Waals surface area contributed by atoms with E-state index in [1.54, 1.807) is 0 Å². The van der Waals surface area contributed by atoms with Crippen LogP contribution in [0.3, 0.4) is 0 Å². The molecule has 1 heterocycles. The van der Waals surface area contributed by atoms with Gasteiger partial charge in [-0.3, -0.25) is 5.10 Å². The van der Waals surface area contributed by atoms with Crippen LogP contribution in [0.2, 0.25) is 0 Å². The van der Waals surface area contributed by atoms with Gasteiger partial charge in [-0.1, -0.05) is 44.2 Å². The van der Waals surface area contributed by atoms with Crippen molar-refractivity contribution in [3.63, 3.8) is 0 Å². The lowest BCUT2D eigenvalue weighted by Gasteiger charge is -2.19. The summed E-state index contributed by atoms with van der Waals surface area (Å²) in [6.07, 6.45) is 5.20. The van der Waals surface area contributed by atoms with Gasteiger partial charge in [0.25, 0.3) is 0 Å². The number of H-pyrrole nitrogens is 1. The van der Waals surface area contributed by atoms with E-state index in [0.717, 1.165) is 50.9 Å². The fraction of sp³-hybridized carbons (Fsp3) is 0.640. The summed E-state index contributed by atoms with van der Waals surface area (Å²) in [5.74, 6) is 0.843. The topological polar surface area (TPSA) is 129 Å². The highest BCUT2D eigenvalue weighted by molar-refractivity contribution is 7.89. The number of carbonyl (C=O) groups excluding carboxylic acids is 1. The maximum atomic E-state index is 12.9. The van der Waals surface area contributed by atoms with Gasteiger partial charge in [0.05, 0.1) is 18.3 Å². The van der Waals surface area contributed by atoms with Gasteiger partial charge in [0, 0.05) is 0 Å². The minimum atomic E-state index is -3.54. The van der Waals surface area contributed by atoms with Gasteiger partial charge in [0.1, 0.15) is 11.9 Å². The predicted molar refractivity (Wildman–Crippen MR) is 139 cm³/mol. The number of nitrogens with one attached hydrogen (secondary N) is 3. The Balaban J connectivity index is 1.60. The van der Waals surface area contributed by atoms with Crippen LogP contribution in [-0.4, -0.2) is 66.1 Å². The van der Waals surface area contributed by atoms with Crippen molar-refractivity contribution in [2.75, 3.05) is 25.4 Å². The molecule has 0 unspecified atom stereocenters. The SMILES string of the molecule is CCN(CC)CCCS(=O)(=O)N[C@H](CCc1ccccc1)c1n[nH]c(CNC(=O)OC2CCCC2)n1. The first-order valence-corrected chi connectivity index (χ1v) is 14.7. The number of sulfonamides is 1. The van der Waals surface area contributed by atoms with Crippen molar-refractivity contribution < 1.29 is 17.9 Å². The first-order chi connectivity index (χ1) is 17.4. The average molecular weight is 521 g/mol. The monoisotopic (exact) mass is 520 g/mol. The van der Waals surface area contributed by atoms with Crippen LogP contribution in [0.5, 0.6) is 0 Å². The highest BCUT2D eigenvalue weighted by Crippen LogP contribution is 2.21. The molecule has 1 aromatic carbocycles. The Morgan fingerprint density at radius 3 is 2.61 bits per heavy atom. The van der Waals surface area contributed by atoms with Crippen LogP contribution >= 0.6 is 0 Å². The number of aromatic amines is 1. The number of rotatable bonds is 15. The van der Waals surface area contributed by atoms with Gasteiger partial charge in [-0.25, -0.2) is 22.9 Å². The molecule has 0 saturated heterocycles. The van der Waals surface area contributed by atoms with Crippen molar-refractivity contribution in [3.8, 4) is 0 Å². The molecule has 1 aliphatic rings. The van der Waals surface area contributed by atoms with Crippen LogP contribution in [0.4, 0.5) is 4.79 Å². The molecule has 3 N–H and O–H groups in total. The number of hydrogen-bond acceptors (Lipinski definition) is 7. The Hall–Kier alpha value is -2.50. The molecule has 2 aromatic rings. The van der Waals surface area contributed by atoms with Crippen molar-refractivity contribution in [2.45, 2.75) is 77.5 Å². The van der Waals surface area contributed by atoms with Gasteiger partial charge in [-0.2, -0.15) is 5.10 Å². The highest BCUT2D eigenvalue weighted by Gasteiger charge is 2.24. The molecule has 11 heteroatoms. The molecule has 1 aromatic heterocycles. The summed E-state index contributed by atoms with van der Waals surface area (Å²) >= 11 is 0. The molecule has 36 heavy (non-hydrogen) atoms. The summed E-state index contributed by atoms with van der Waals surface area (Å²) in [6.45, 7) is 6.79. The van der Waals surface area contributed by atoms with Crippen LogP contribution in [-0.2, 0) is 27.7 Å². The van der Waals surface area contributed by atoms with E-state index in [0.29, 0.717) is 30.9 Å². The Kier molecular flexibility index (Phi) is 11.1. The molecule has 0 aliphatic heterocycles. The van der Waals surface area contributed by atoms with Crippen molar-refractivity contribution >= 4 is 16.1 Å². The van der Waals surface area contributed by atoms with Gasteiger partial charge < -0.3 is 15.0 Å². The summed E-state index contributed by atoms with van der Waals surface area (Å²) in [6, 6.07) is 9.31. The van der Waals surface area contributed by atoms with E-state index < -0.39 is 22.2 Å². The van der Waals surface area contributed by atoms with E-state index in [4.69, 9.17) is 4.74 Å². The van der Waals surface area contributed by atoms with Crippen molar-refractivity contribution in [1.29, 1.82) is 0 Å². The number of ether oxygens (including phenoxy) is 1. The fourth-order valence-electron chi connectivity index (χ4n) is 4.39. The van der Waals surface area contributed by atoms with E-state index >= 15 is 0 Å². The number of aromatic nitrogens is 3. The second-order valence-corrected chi connectivity index (χ2v) is 11.1. The number of amides is 1. The minimum Gasteiger partial charge on any atom is -0.446 e. The summed E-state index contributed by atoms with van der Waals surface area (Å²) in [7, 11) is -3.54. The molecular formula is C25H40N6O4S. The van der Waals surface area contributed by atoms with E-state index in [-0.39, 0.29) is 18.4 Å². The molecule has 0 bridgehead atoms. The average Bonchev–Trinajstić information content (AvgIpc) is 3.56. The maximum absolute atomic E-state index is 12.9.